The molecule has 2 amide bonds. The number of aromatic amines is 1. The van der Waals surface area contributed by atoms with Gasteiger partial charge in [0, 0.05) is 29.8 Å². The SMILES string of the molecule is C=CCCN(C(=O)O)c1nc2cc(C3(O)c4ccccc4C(=O)N3Cc3ccccc3)ccc2[nH]1. The molecule has 8 heteroatoms. The maximum atomic E-state index is 13.4. The van der Waals surface area contributed by atoms with Crippen molar-refractivity contribution in [2.75, 3.05) is 11.4 Å². The molecule has 0 radical (unpaired) electrons. The van der Waals surface area contributed by atoms with Gasteiger partial charge in [-0.25, -0.2) is 14.7 Å². The predicted octanol–water partition coefficient (Wildman–Crippen LogP) is 4.47. The molecule has 0 spiro atoms. The molecular weight excluding hydrogens is 444 g/mol. The number of carbonyl (C=O) groups excluding carboxylic acids is 1. The van der Waals surface area contributed by atoms with Gasteiger partial charge in [0.2, 0.25) is 5.95 Å². The van der Waals surface area contributed by atoms with Crippen LogP contribution in [0.25, 0.3) is 11.0 Å². The second-order valence-corrected chi connectivity index (χ2v) is 8.40. The zero-order chi connectivity index (χ0) is 24.6. The van der Waals surface area contributed by atoms with E-state index < -0.39 is 11.8 Å². The van der Waals surface area contributed by atoms with Crippen molar-refractivity contribution in [2.45, 2.75) is 18.7 Å². The molecule has 4 aromatic rings. The zero-order valence-corrected chi connectivity index (χ0v) is 18.9. The summed E-state index contributed by atoms with van der Waals surface area (Å²) in [5.74, 6) is -0.0845. The number of anilines is 1. The molecule has 1 aromatic heterocycles. The quantitative estimate of drug-likeness (QED) is 0.347. The number of carboxylic acid groups (broad SMARTS) is 1. The van der Waals surface area contributed by atoms with Gasteiger partial charge < -0.3 is 15.2 Å². The first-order valence-electron chi connectivity index (χ1n) is 11.2. The van der Waals surface area contributed by atoms with Crippen LogP contribution in [-0.4, -0.2) is 43.6 Å². The average Bonchev–Trinajstić information content (AvgIpc) is 3.38. The molecule has 1 aliphatic heterocycles. The summed E-state index contributed by atoms with van der Waals surface area (Å²) in [6, 6.07) is 21.7. The molecule has 176 valence electrons. The number of aliphatic hydroxyl groups is 1. The minimum absolute atomic E-state index is 0.183. The Bertz CT molecular complexity index is 1430. The highest BCUT2D eigenvalue weighted by Crippen LogP contribution is 2.43. The van der Waals surface area contributed by atoms with Gasteiger partial charge in [0.05, 0.1) is 11.0 Å². The Balaban J connectivity index is 1.60. The second-order valence-electron chi connectivity index (χ2n) is 8.40. The van der Waals surface area contributed by atoms with Crippen molar-refractivity contribution >= 4 is 29.0 Å². The van der Waals surface area contributed by atoms with E-state index in [9.17, 15) is 19.8 Å². The number of fused-ring (bicyclic) bond motifs is 2. The first kappa shape index (κ1) is 22.4. The molecule has 0 bridgehead atoms. The molecule has 3 aromatic carbocycles. The third kappa shape index (κ3) is 3.74. The molecule has 1 unspecified atom stereocenters. The van der Waals surface area contributed by atoms with E-state index in [1.165, 1.54) is 4.90 Å². The van der Waals surface area contributed by atoms with Crippen LogP contribution in [0, 0.1) is 0 Å². The van der Waals surface area contributed by atoms with Crippen molar-refractivity contribution in [3.05, 3.63) is 108 Å². The Morgan fingerprint density at radius 1 is 1.11 bits per heavy atom. The lowest BCUT2D eigenvalue weighted by Gasteiger charge is -2.35. The van der Waals surface area contributed by atoms with Gasteiger partial charge in [-0.05, 0) is 30.2 Å². The number of aromatic nitrogens is 2. The fourth-order valence-corrected chi connectivity index (χ4v) is 4.52. The van der Waals surface area contributed by atoms with Crippen LogP contribution in [0.5, 0.6) is 0 Å². The standard InChI is InChI=1S/C27H24N4O4/c1-2-3-15-30(26(33)34)25-28-22-14-13-19(16-23(22)29-25)27(35)21-12-8-7-11-20(21)24(32)31(27)17-18-9-5-4-6-10-18/h2,4-14,16,35H,1,3,15,17H2,(H,28,29)(H,33,34). The molecule has 1 atom stereocenters. The Kier molecular flexibility index (Phi) is 5.58. The molecule has 5 rings (SSSR count). The smallest absolute Gasteiger partial charge is 0.414 e. The minimum Gasteiger partial charge on any atom is -0.465 e. The fourth-order valence-electron chi connectivity index (χ4n) is 4.52. The van der Waals surface area contributed by atoms with Crippen LogP contribution in [0.2, 0.25) is 0 Å². The summed E-state index contributed by atoms with van der Waals surface area (Å²) in [7, 11) is 0. The highest BCUT2D eigenvalue weighted by molar-refractivity contribution is 6.00. The summed E-state index contributed by atoms with van der Waals surface area (Å²) in [5.41, 5.74) is 1.66. The minimum atomic E-state index is -1.72. The largest absolute Gasteiger partial charge is 0.465 e. The molecule has 0 saturated heterocycles. The maximum absolute atomic E-state index is 13.4. The molecule has 8 nitrogen and oxygen atoms in total. The van der Waals surface area contributed by atoms with Gasteiger partial charge in [-0.2, -0.15) is 0 Å². The molecule has 0 fully saturated rings. The first-order chi connectivity index (χ1) is 16.9. The number of hydrogen-bond donors (Lipinski definition) is 3. The van der Waals surface area contributed by atoms with Crippen LogP contribution >= 0.6 is 0 Å². The fraction of sp³-hybridized carbons (Fsp3) is 0.148. The summed E-state index contributed by atoms with van der Waals surface area (Å²) >= 11 is 0. The Morgan fingerprint density at radius 2 is 1.86 bits per heavy atom. The van der Waals surface area contributed by atoms with Crippen LogP contribution in [-0.2, 0) is 12.3 Å². The number of imidazole rings is 1. The first-order valence-corrected chi connectivity index (χ1v) is 11.2. The number of hydrogen-bond acceptors (Lipinski definition) is 4. The lowest BCUT2D eigenvalue weighted by molar-refractivity contribution is -0.0542. The van der Waals surface area contributed by atoms with Crippen molar-refractivity contribution < 1.29 is 19.8 Å². The van der Waals surface area contributed by atoms with E-state index in [0.717, 1.165) is 10.5 Å². The number of carbonyl (C=O) groups is 2. The molecule has 2 heterocycles. The van der Waals surface area contributed by atoms with E-state index in [1.807, 2.05) is 30.3 Å². The monoisotopic (exact) mass is 468 g/mol. The van der Waals surface area contributed by atoms with Crippen LogP contribution in [0.4, 0.5) is 10.7 Å². The van der Waals surface area contributed by atoms with E-state index in [2.05, 4.69) is 16.5 Å². The number of rotatable bonds is 7. The van der Waals surface area contributed by atoms with E-state index in [-0.39, 0.29) is 24.9 Å². The third-order valence-corrected chi connectivity index (χ3v) is 6.27. The highest BCUT2D eigenvalue weighted by atomic mass is 16.4. The van der Waals surface area contributed by atoms with E-state index in [4.69, 9.17) is 0 Å². The van der Waals surface area contributed by atoms with E-state index in [1.54, 1.807) is 48.5 Å². The maximum Gasteiger partial charge on any atom is 0.414 e. The van der Waals surface area contributed by atoms with Gasteiger partial charge in [-0.1, -0.05) is 60.7 Å². The normalized spacial score (nSPS) is 16.9. The average molecular weight is 469 g/mol. The van der Waals surface area contributed by atoms with Gasteiger partial charge in [-0.15, -0.1) is 6.58 Å². The van der Waals surface area contributed by atoms with Gasteiger partial charge in [0.1, 0.15) is 0 Å². The second kappa shape index (κ2) is 8.73. The molecule has 1 aliphatic rings. The lowest BCUT2D eigenvalue weighted by Crippen LogP contribution is -2.44. The Morgan fingerprint density at radius 3 is 2.60 bits per heavy atom. The van der Waals surface area contributed by atoms with Crippen LogP contribution in [0.3, 0.4) is 0 Å². The van der Waals surface area contributed by atoms with Gasteiger partial charge >= 0.3 is 6.09 Å². The molecule has 3 N–H and O–H groups in total. The van der Waals surface area contributed by atoms with Gasteiger partial charge in [0.15, 0.2) is 5.72 Å². The lowest BCUT2D eigenvalue weighted by atomic mass is 9.93. The third-order valence-electron chi connectivity index (χ3n) is 6.27. The summed E-state index contributed by atoms with van der Waals surface area (Å²) in [6.07, 6.45) is 0.984. The highest BCUT2D eigenvalue weighted by Gasteiger charge is 2.49. The van der Waals surface area contributed by atoms with Crippen LogP contribution in [0.1, 0.15) is 33.5 Å². The number of nitrogens with one attached hydrogen (secondary N) is 1. The molecule has 35 heavy (non-hydrogen) atoms. The van der Waals surface area contributed by atoms with Gasteiger partial charge in [-0.3, -0.25) is 9.69 Å². The van der Waals surface area contributed by atoms with Crippen LogP contribution in [0.15, 0.2) is 85.5 Å². The number of benzene rings is 3. The van der Waals surface area contributed by atoms with Crippen molar-refractivity contribution in [1.82, 2.24) is 14.9 Å². The molecular formula is C27H24N4O4. The number of amides is 2. The van der Waals surface area contributed by atoms with Crippen molar-refractivity contribution in [3.63, 3.8) is 0 Å². The van der Waals surface area contributed by atoms with E-state index in [0.29, 0.717) is 34.1 Å². The van der Waals surface area contributed by atoms with Gasteiger partial charge in [0.25, 0.3) is 5.91 Å². The van der Waals surface area contributed by atoms with Crippen molar-refractivity contribution in [2.24, 2.45) is 0 Å². The van der Waals surface area contributed by atoms with Crippen molar-refractivity contribution in [1.29, 1.82) is 0 Å². The Hall–Kier alpha value is -4.43. The molecule has 0 aliphatic carbocycles. The summed E-state index contributed by atoms with van der Waals surface area (Å²) in [6.45, 7) is 4.06. The molecule has 0 saturated carbocycles. The zero-order valence-electron chi connectivity index (χ0n) is 18.9. The summed E-state index contributed by atoms with van der Waals surface area (Å²) < 4.78 is 0. The number of nitrogens with zero attached hydrogens (tertiary/aromatic N) is 3. The summed E-state index contributed by atoms with van der Waals surface area (Å²) in [5, 5.41) is 21.7. The number of H-pyrrole nitrogens is 1. The Labute approximate surface area is 201 Å². The van der Waals surface area contributed by atoms with Crippen molar-refractivity contribution in [3.8, 4) is 0 Å². The summed E-state index contributed by atoms with van der Waals surface area (Å²) in [4.78, 5) is 35.2. The predicted molar refractivity (Wildman–Crippen MR) is 132 cm³/mol. The topological polar surface area (TPSA) is 110 Å². The van der Waals surface area contributed by atoms with E-state index >= 15 is 0 Å². The van der Waals surface area contributed by atoms with Crippen LogP contribution < -0.4 is 4.90 Å².